The summed E-state index contributed by atoms with van der Waals surface area (Å²) in [5, 5.41) is 9.04. The van der Waals surface area contributed by atoms with Gasteiger partial charge in [-0.05, 0) is 32.2 Å². The van der Waals surface area contributed by atoms with Crippen LogP contribution in [0.3, 0.4) is 0 Å². The number of rotatable bonds is 5. The van der Waals surface area contributed by atoms with Crippen molar-refractivity contribution < 1.29 is 9.90 Å². The third-order valence-corrected chi connectivity index (χ3v) is 2.75. The number of likely N-dealkylation sites (tertiary alicyclic amines) is 1. The van der Waals surface area contributed by atoms with Crippen LogP contribution < -0.4 is 5.73 Å². The number of aliphatic hydroxyl groups excluding tert-OH is 1. The zero-order chi connectivity index (χ0) is 10.4. The van der Waals surface area contributed by atoms with E-state index in [0.717, 1.165) is 32.2 Å². The molecule has 0 aromatic rings. The first-order valence-electron chi connectivity index (χ1n) is 5.40. The van der Waals surface area contributed by atoms with Crippen LogP contribution >= 0.6 is 0 Å². The summed E-state index contributed by atoms with van der Waals surface area (Å²) in [6.07, 6.45) is 4.31. The molecular formula is C10H20N2O2. The van der Waals surface area contributed by atoms with Gasteiger partial charge >= 0.3 is 0 Å². The number of nitrogens with two attached hydrogens (primary N) is 1. The molecule has 0 spiro atoms. The predicted molar refractivity (Wildman–Crippen MR) is 54.7 cm³/mol. The van der Waals surface area contributed by atoms with E-state index in [1.807, 2.05) is 4.90 Å². The van der Waals surface area contributed by atoms with Gasteiger partial charge in [0.1, 0.15) is 0 Å². The highest BCUT2D eigenvalue weighted by Crippen LogP contribution is 2.18. The number of unbranched alkanes of at least 4 members (excludes halogenated alkanes) is 1. The van der Waals surface area contributed by atoms with Gasteiger partial charge in [0.15, 0.2) is 0 Å². The van der Waals surface area contributed by atoms with Crippen molar-refractivity contribution in [2.45, 2.75) is 38.1 Å². The summed E-state index contributed by atoms with van der Waals surface area (Å²) in [7, 11) is 0. The van der Waals surface area contributed by atoms with Crippen molar-refractivity contribution in [1.82, 2.24) is 4.90 Å². The Labute approximate surface area is 85.1 Å². The smallest absolute Gasteiger partial charge is 0.222 e. The van der Waals surface area contributed by atoms with Gasteiger partial charge in [0.05, 0.1) is 12.6 Å². The Morgan fingerprint density at radius 3 is 2.93 bits per heavy atom. The molecule has 0 bridgehead atoms. The third-order valence-electron chi connectivity index (χ3n) is 2.75. The molecule has 1 heterocycles. The summed E-state index contributed by atoms with van der Waals surface area (Å²) in [6, 6.07) is 0.0698. The molecule has 1 unspecified atom stereocenters. The summed E-state index contributed by atoms with van der Waals surface area (Å²) in [6.45, 7) is 1.56. The Kier molecular flexibility index (Phi) is 4.90. The van der Waals surface area contributed by atoms with Gasteiger partial charge < -0.3 is 15.7 Å². The van der Waals surface area contributed by atoms with Crippen molar-refractivity contribution >= 4 is 5.91 Å². The molecule has 82 valence electrons. The van der Waals surface area contributed by atoms with Crippen LogP contribution in [0, 0.1) is 0 Å². The van der Waals surface area contributed by atoms with Crippen LogP contribution in [0.25, 0.3) is 0 Å². The normalized spacial score (nSPS) is 21.6. The molecule has 0 aromatic carbocycles. The largest absolute Gasteiger partial charge is 0.394 e. The van der Waals surface area contributed by atoms with E-state index >= 15 is 0 Å². The maximum atomic E-state index is 11.7. The first-order chi connectivity index (χ1) is 6.79. The summed E-state index contributed by atoms with van der Waals surface area (Å²) < 4.78 is 0. The quantitative estimate of drug-likeness (QED) is 0.618. The molecule has 1 rings (SSSR count). The average Bonchev–Trinajstić information content (AvgIpc) is 2.65. The van der Waals surface area contributed by atoms with Gasteiger partial charge in [-0.25, -0.2) is 0 Å². The Morgan fingerprint density at radius 2 is 2.29 bits per heavy atom. The van der Waals surface area contributed by atoms with Crippen molar-refractivity contribution in [1.29, 1.82) is 0 Å². The molecule has 1 atom stereocenters. The topological polar surface area (TPSA) is 66.6 Å². The second-order valence-electron chi connectivity index (χ2n) is 3.81. The van der Waals surface area contributed by atoms with Crippen molar-refractivity contribution in [2.75, 3.05) is 19.7 Å². The number of aliphatic hydroxyl groups is 1. The first kappa shape index (κ1) is 11.5. The molecule has 14 heavy (non-hydrogen) atoms. The molecular weight excluding hydrogens is 180 g/mol. The van der Waals surface area contributed by atoms with Crippen molar-refractivity contribution in [2.24, 2.45) is 5.73 Å². The fourth-order valence-corrected chi connectivity index (χ4v) is 1.92. The number of carbonyl (C=O) groups is 1. The van der Waals surface area contributed by atoms with Crippen LogP contribution in [0.4, 0.5) is 0 Å². The predicted octanol–water partition coefficient (Wildman–Crippen LogP) is 0.0987. The van der Waals surface area contributed by atoms with Gasteiger partial charge in [-0.3, -0.25) is 4.79 Å². The lowest BCUT2D eigenvalue weighted by Crippen LogP contribution is -2.37. The highest BCUT2D eigenvalue weighted by atomic mass is 16.3. The minimum Gasteiger partial charge on any atom is -0.394 e. The summed E-state index contributed by atoms with van der Waals surface area (Å²) >= 11 is 0. The van der Waals surface area contributed by atoms with E-state index in [4.69, 9.17) is 10.8 Å². The minimum absolute atomic E-state index is 0.0698. The number of nitrogens with zero attached hydrogens (tertiary/aromatic N) is 1. The second kappa shape index (κ2) is 5.98. The Bertz CT molecular complexity index is 185. The second-order valence-corrected chi connectivity index (χ2v) is 3.81. The molecule has 4 nitrogen and oxygen atoms in total. The van der Waals surface area contributed by atoms with E-state index in [0.29, 0.717) is 13.0 Å². The average molecular weight is 200 g/mol. The molecule has 4 heteroatoms. The van der Waals surface area contributed by atoms with Gasteiger partial charge in [-0.2, -0.15) is 0 Å². The number of amides is 1. The molecule has 0 radical (unpaired) electrons. The molecule has 1 amide bonds. The van der Waals surface area contributed by atoms with E-state index in [2.05, 4.69) is 0 Å². The number of hydrogen-bond donors (Lipinski definition) is 2. The lowest BCUT2D eigenvalue weighted by Gasteiger charge is -2.22. The van der Waals surface area contributed by atoms with E-state index < -0.39 is 0 Å². The third kappa shape index (κ3) is 2.96. The summed E-state index contributed by atoms with van der Waals surface area (Å²) in [5.74, 6) is 0.176. The van der Waals surface area contributed by atoms with Crippen molar-refractivity contribution in [3.05, 3.63) is 0 Å². The Hall–Kier alpha value is -0.610. The van der Waals surface area contributed by atoms with Crippen molar-refractivity contribution in [3.63, 3.8) is 0 Å². The maximum Gasteiger partial charge on any atom is 0.222 e. The molecule has 1 aliphatic heterocycles. The van der Waals surface area contributed by atoms with E-state index in [1.54, 1.807) is 0 Å². The Balaban J connectivity index is 2.28. The van der Waals surface area contributed by atoms with Crippen LogP contribution in [0.1, 0.15) is 32.1 Å². The van der Waals surface area contributed by atoms with Crippen LogP contribution in [-0.4, -0.2) is 41.7 Å². The van der Waals surface area contributed by atoms with Crippen LogP contribution in [-0.2, 0) is 4.79 Å². The molecule has 1 fully saturated rings. The number of hydrogen-bond acceptors (Lipinski definition) is 3. The molecule has 3 N–H and O–H groups in total. The monoisotopic (exact) mass is 200 g/mol. The van der Waals surface area contributed by atoms with Gasteiger partial charge in [0.2, 0.25) is 5.91 Å². The van der Waals surface area contributed by atoms with E-state index in [9.17, 15) is 4.79 Å². The molecule has 1 saturated heterocycles. The van der Waals surface area contributed by atoms with E-state index in [1.165, 1.54) is 0 Å². The van der Waals surface area contributed by atoms with Gasteiger partial charge in [0, 0.05) is 13.0 Å². The van der Waals surface area contributed by atoms with Crippen LogP contribution in [0.15, 0.2) is 0 Å². The standard InChI is InChI=1S/C10H20N2O2/c11-6-2-1-5-10(14)12-7-3-4-9(12)8-13/h9,13H,1-8,11H2. The van der Waals surface area contributed by atoms with Crippen LogP contribution in [0.5, 0.6) is 0 Å². The molecule has 0 aromatic heterocycles. The van der Waals surface area contributed by atoms with Crippen molar-refractivity contribution in [3.8, 4) is 0 Å². The fourth-order valence-electron chi connectivity index (χ4n) is 1.92. The highest BCUT2D eigenvalue weighted by Gasteiger charge is 2.27. The molecule has 0 aliphatic carbocycles. The fraction of sp³-hybridized carbons (Fsp3) is 0.900. The van der Waals surface area contributed by atoms with Gasteiger partial charge in [-0.15, -0.1) is 0 Å². The lowest BCUT2D eigenvalue weighted by atomic mass is 10.2. The first-order valence-corrected chi connectivity index (χ1v) is 5.40. The van der Waals surface area contributed by atoms with E-state index in [-0.39, 0.29) is 18.6 Å². The lowest BCUT2D eigenvalue weighted by molar-refractivity contribution is -0.132. The zero-order valence-corrected chi connectivity index (χ0v) is 8.61. The SMILES string of the molecule is NCCCCC(=O)N1CCCC1CO. The Morgan fingerprint density at radius 1 is 1.50 bits per heavy atom. The summed E-state index contributed by atoms with van der Waals surface area (Å²) in [4.78, 5) is 13.5. The van der Waals surface area contributed by atoms with Gasteiger partial charge in [0.25, 0.3) is 0 Å². The highest BCUT2D eigenvalue weighted by molar-refractivity contribution is 5.76. The van der Waals surface area contributed by atoms with Crippen LogP contribution in [0.2, 0.25) is 0 Å². The molecule has 1 aliphatic rings. The number of carbonyl (C=O) groups excluding carboxylic acids is 1. The summed E-state index contributed by atoms with van der Waals surface area (Å²) in [5.41, 5.74) is 5.36. The zero-order valence-electron chi connectivity index (χ0n) is 8.61. The maximum absolute atomic E-state index is 11.7. The molecule has 0 saturated carbocycles. The van der Waals surface area contributed by atoms with Gasteiger partial charge in [-0.1, -0.05) is 0 Å². The minimum atomic E-state index is 0.0698.